The lowest BCUT2D eigenvalue weighted by Gasteiger charge is -2.16. The number of hydrogen-bond donors (Lipinski definition) is 1. The summed E-state index contributed by atoms with van der Waals surface area (Å²) in [6.07, 6.45) is -3.58. The molecule has 1 rings (SSSR count). The Morgan fingerprint density at radius 1 is 1.40 bits per heavy atom. The third-order valence-electron chi connectivity index (χ3n) is 1.74. The van der Waals surface area contributed by atoms with Crippen LogP contribution in [0.15, 0.2) is 0 Å². The van der Waals surface area contributed by atoms with E-state index in [9.17, 15) is 8.78 Å². The van der Waals surface area contributed by atoms with Crippen LogP contribution in [0, 0.1) is 0 Å². The Bertz CT molecular complexity index is 110. The fraction of sp³-hybridized carbons (Fsp3) is 1.00. The lowest BCUT2D eigenvalue weighted by Crippen LogP contribution is -2.30. The topological polar surface area (TPSA) is 23.5 Å². The minimum atomic E-state index is -1.42. The molecule has 1 heterocycles. The zero-order valence-electron chi connectivity index (χ0n) is 5.80. The summed E-state index contributed by atoms with van der Waals surface area (Å²) in [5.74, 6) is 0. The zero-order valence-corrected chi connectivity index (χ0v) is 5.80. The molecule has 0 saturated carbocycles. The van der Waals surface area contributed by atoms with Crippen LogP contribution in [0.25, 0.3) is 0 Å². The summed E-state index contributed by atoms with van der Waals surface area (Å²) in [6.45, 7) is 1.53. The van der Waals surface area contributed by atoms with Crippen LogP contribution in [0.5, 0.6) is 0 Å². The molecule has 4 heteroatoms. The van der Waals surface area contributed by atoms with Crippen LogP contribution in [0.2, 0.25) is 0 Å². The van der Waals surface area contributed by atoms with E-state index in [4.69, 9.17) is 5.11 Å². The highest BCUT2D eigenvalue weighted by molar-refractivity contribution is 4.84. The zero-order chi connectivity index (χ0) is 7.72. The van der Waals surface area contributed by atoms with E-state index in [0.29, 0.717) is 0 Å². The monoisotopic (exact) mass is 151 g/mol. The summed E-state index contributed by atoms with van der Waals surface area (Å²) in [5, 5.41) is 8.88. The lowest BCUT2D eigenvalue weighted by atomic mass is 10.3. The van der Waals surface area contributed by atoms with Gasteiger partial charge in [0.2, 0.25) is 0 Å². The van der Waals surface area contributed by atoms with E-state index in [0.717, 1.165) is 0 Å². The van der Waals surface area contributed by atoms with Crippen LogP contribution in [0.4, 0.5) is 8.78 Å². The number of alkyl halides is 2. The number of aliphatic hydroxyl groups excluding tert-OH is 1. The van der Waals surface area contributed by atoms with Crippen molar-refractivity contribution < 1.29 is 13.9 Å². The van der Waals surface area contributed by atoms with Crippen molar-refractivity contribution in [3.8, 4) is 0 Å². The summed E-state index contributed by atoms with van der Waals surface area (Å²) < 4.78 is 24.8. The van der Waals surface area contributed by atoms with Crippen molar-refractivity contribution >= 4 is 0 Å². The molecule has 1 fully saturated rings. The van der Waals surface area contributed by atoms with Crippen molar-refractivity contribution in [2.75, 3.05) is 13.1 Å². The quantitative estimate of drug-likeness (QED) is 0.583. The van der Waals surface area contributed by atoms with Crippen LogP contribution in [0.1, 0.15) is 6.92 Å². The molecule has 2 nitrogen and oxygen atoms in total. The van der Waals surface area contributed by atoms with Crippen LogP contribution < -0.4 is 0 Å². The highest BCUT2D eigenvalue weighted by atomic mass is 19.2. The number of aliphatic hydroxyl groups is 1. The second-order valence-electron chi connectivity index (χ2n) is 2.62. The number of likely N-dealkylation sites (tertiary alicyclic amines) is 1. The van der Waals surface area contributed by atoms with Crippen molar-refractivity contribution in [1.29, 1.82) is 0 Å². The third kappa shape index (κ3) is 1.44. The molecule has 0 spiro atoms. The molecule has 60 valence electrons. The molecule has 0 aromatic carbocycles. The van der Waals surface area contributed by atoms with Crippen molar-refractivity contribution in [3.05, 3.63) is 0 Å². The Labute approximate surface area is 58.4 Å². The van der Waals surface area contributed by atoms with Crippen molar-refractivity contribution in [1.82, 2.24) is 4.90 Å². The maximum Gasteiger partial charge on any atom is 0.145 e. The molecule has 1 N–H and O–H groups in total. The fourth-order valence-corrected chi connectivity index (χ4v) is 1.06. The van der Waals surface area contributed by atoms with Gasteiger partial charge >= 0.3 is 0 Å². The van der Waals surface area contributed by atoms with Gasteiger partial charge in [0.15, 0.2) is 0 Å². The van der Waals surface area contributed by atoms with Crippen molar-refractivity contribution in [2.24, 2.45) is 0 Å². The molecule has 0 bridgehead atoms. The van der Waals surface area contributed by atoms with E-state index in [1.807, 2.05) is 0 Å². The standard InChI is InChI=1S/C6H11F2NO/c1-4(10)9-2-5(7)6(8)3-9/h4-6,10H,2-3H2,1H3/t4?,5-,6-/m1/s1. The highest BCUT2D eigenvalue weighted by Gasteiger charge is 2.34. The molecular weight excluding hydrogens is 140 g/mol. The van der Waals surface area contributed by atoms with Gasteiger partial charge in [-0.1, -0.05) is 0 Å². The molecule has 3 atom stereocenters. The first-order valence-electron chi connectivity index (χ1n) is 3.31. The summed E-state index contributed by atoms with van der Waals surface area (Å²) in [4.78, 5) is 1.37. The third-order valence-corrected chi connectivity index (χ3v) is 1.74. The highest BCUT2D eigenvalue weighted by Crippen LogP contribution is 2.17. The minimum Gasteiger partial charge on any atom is -0.379 e. The molecule has 0 radical (unpaired) electrons. The van der Waals surface area contributed by atoms with Gasteiger partial charge in [-0.05, 0) is 6.92 Å². The van der Waals surface area contributed by atoms with Gasteiger partial charge < -0.3 is 5.11 Å². The van der Waals surface area contributed by atoms with Crippen LogP contribution in [-0.4, -0.2) is 41.7 Å². The summed E-state index contributed by atoms with van der Waals surface area (Å²) >= 11 is 0. The fourth-order valence-electron chi connectivity index (χ4n) is 1.06. The molecule has 0 aromatic rings. The molecule has 0 aliphatic carbocycles. The van der Waals surface area contributed by atoms with Gasteiger partial charge in [-0.3, -0.25) is 4.90 Å². The average molecular weight is 151 g/mol. The van der Waals surface area contributed by atoms with Gasteiger partial charge in [0, 0.05) is 13.1 Å². The van der Waals surface area contributed by atoms with Gasteiger partial charge in [-0.2, -0.15) is 0 Å². The molecule has 1 aliphatic heterocycles. The van der Waals surface area contributed by atoms with E-state index in [1.54, 1.807) is 0 Å². The number of hydrogen-bond acceptors (Lipinski definition) is 2. The van der Waals surface area contributed by atoms with Gasteiger partial charge in [-0.15, -0.1) is 0 Å². The Kier molecular flexibility index (Phi) is 2.21. The van der Waals surface area contributed by atoms with Gasteiger partial charge in [0.1, 0.15) is 18.6 Å². The second-order valence-corrected chi connectivity index (χ2v) is 2.62. The molecule has 1 aliphatic rings. The van der Waals surface area contributed by atoms with Crippen LogP contribution in [0.3, 0.4) is 0 Å². The summed E-state index contributed by atoms with van der Waals surface area (Å²) in [5.41, 5.74) is 0. The predicted molar refractivity (Wildman–Crippen MR) is 33.0 cm³/mol. The normalized spacial score (nSPS) is 38.4. The maximum absolute atomic E-state index is 12.4. The summed E-state index contributed by atoms with van der Waals surface area (Å²) in [7, 11) is 0. The SMILES string of the molecule is CC(O)N1C[C@@H](F)[C@H](F)C1. The second kappa shape index (κ2) is 2.80. The van der Waals surface area contributed by atoms with Crippen molar-refractivity contribution in [2.45, 2.75) is 25.5 Å². The smallest absolute Gasteiger partial charge is 0.145 e. The molecule has 0 amide bonds. The number of rotatable bonds is 1. The van der Waals surface area contributed by atoms with Gasteiger partial charge in [0.05, 0.1) is 0 Å². The molecule has 10 heavy (non-hydrogen) atoms. The van der Waals surface area contributed by atoms with E-state index in [1.165, 1.54) is 11.8 Å². The van der Waals surface area contributed by atoms with Crippen LogP contribution in [-0.2, 0) is 0 Å². The van der Waals surface area contributed by atoms with Crippen molar-refractivity contribution in [3.63, 3.8) is 0 Å². The Hall–Kier alpha value is -0.220. The van der Waals surface area contributed by atoms with E-state index in [2.05, 4.69) is 0 Å². The molecular formula is C6H11F2NO. The average Bonchev–Trinajstić information content (AvgIpc) is 2.13. The Morgan fingerprint density at radius 2 is 1.80 bits per heavy atom. The predicted octanol–water partition coefficient (Wildman–Crippen LogP) is 0.316. The van der Waals surface area contributed by atoms with Gasteiger partial charge in [0.25, 0.3) is 0 Å². The number of halogens is 2. The van der Waals surface area contributed by atoms with E-state index in [-0.39, 0.29) is 13.1 Å². The first kappa shape index (κ1) is 7.88. The summed E-state index contributed by atoms with van der Waals surface area (Å²) in [6, 6.07) is 0. The minimum absolute atomic E-state index is 0.0127. The van der Waals surface area contributed by atoms with E-state index < -0.39 is 18.6 Å². The molecule has 0 aromatic heterocycles. The lowest BCUT2D eigenvalue weighted by molar-refractivity contribution is 0.0304. The largest absolute Gasteiger partial charge is 0.379 e. The molecule has 1 unspecified atom stereocenters. The first-order chi connectivity index (χ1) is 4.61. The van der Waals surface area contributed by atoms with Gasteiger partial charge in [-0.25, -0.2) is 8.78 Å². The Morgan fingerprint density at radius 3 is 2.00 bits per heavy atom. The van der Waals surface area contributed by atoms with E-state index >= 15 is 0 Å². The number of nitrogens with zero attached hydrogens (tertiary/aromatic N) is 1. The maximum atomic E-state index is 12.4. The van der Waals surface area contributed by atoms with Crippen LogP contribution >= 0.6 is 0 Å². The first-order valence-corrected chi connectivity index (χ1v) is 3.31. The molecule has 1 saturated heterocycles. The Balaban J connectivity index is 2.41.